The van der Waals surface area contributed by atoms with Gasteiger partial charge in [-0.15, -0.1) is 0 Å². The van der Waals surface area contributed by atoms with Crippen LogP contribution in [-0.2, 0) is 9.59 Å². The summed E-state index contributed by atoms with van der Waals surface area (Å²) in [5.41, 5.74) is 0.942. The van der Waals surface area contributed by atoms with Gasteiger partial charge in [0.1, 0.15) is 0 Å². The molecule has 1 aliphatic heterocycles. The third kappa shape index (κ3) is 2.80. The first-order valence-corrected chi connectivity index (χ1v) is 7.74. The quantitative estimate of drug-likeness (QED) is 0.926. The summed E-state index contributed by atoms with van der Waals surface area (Å²) in [6, 6.07) is 9.30. The fourth-order valence-corrected chi connectivity index (χ4v) is 3.44. The Morgan fingerprint density at radius 1 is 1.19 bits per heavy atom. The molecule has 1 aromatic rings. The van der Waals surface area contributed by atoms with Gasteiger partial charge in [-0.25, -0.2) is 0 Å². The molecule has 21 heavy (non-hydrogen) atoms. The first-order chi connectivity index (χ1) is 10.2. The van der Waals surface area contributed by atoms with E-state index in [4.69, 9.17) is 0 Å². The Morgan fingerprint density at radius 3 is 2.48 bits per heavy atom. The smallest absolute Gasteiger partial charge is 0.308 e. The van der Waals surface area contributed by atoms with Crippen molar-refractivity contribution in [1.29, 1.82) is 0 Å². The summed E-state index contributed by atoms with van der Waals surface area (Å²) in [4.78, 5) is 25.8. The Hall–Kier alpha value is -1.84. The van der Waals surface area contributed by atoms with Crippen molar-refractivity contribution in [1.82, 2.24) is 4.90 Å². The molecule has 0 radical (unpaired) electrons. The van der Waals surface area contributed by atoms with Crippen LogP contribution in [0.1, 0.15) is 43.7 Å². The third-order valence-electron chi connectivity index (χ3n) is 4.84. The zero-order valence-electron chi connectivity index (χ0n) is 12.1. The van der Waals surface area contributed by atoms with Gasteiger partial charge in [-0.1, -0.05) is 36.8 Å². The molecule has 2 aliphatic rings. The fraction of sp³-hybridized carbons (Fsp3) is 0.529. The molecule has 1 amide bonds. The summed E-state index contributed by atoms with van der Waals surface area (Å²) >= 11 is 0. The number of carboxylic acid groups (broad SMARTS) is 1. The van der Waals surface area contributed by atoms with Crippen molar-refractivity contribution < 1.29 is 14.7 Å². The summed E-state index contributed by atoms with van der Waals surface area (Å²) in [7, 11) is 0. The number of carbonyl (C=O) groups excluding carboxylic acids is 1. The summed E-state index contributed by atoms with van der Waals surface area (Å²) in [6.07, 6.45) is 4.33. The second kappa shape index (κ2) is 5.88. The number of piperidine rings is 1. The van der Waals surface area contributed by atoms with Crippen LogP contribution in [0.2, 0.25) is 0 Å². The number of rotatable bonds is 4. The molecule has 1 saturated heterocycles. The summed E-state index contributed by atoms with van der Waals surface area (Å²) in [5.74, 6) is -0.638. The molecule has 112 valence electrons. The highest BCUT2D eigenvalue weighted by Gasteiger charge is 2.41. The Balaban J connectivity index is 1.91. The van der Waals surface area contributed by atoms with Crippen LogP contribution in [0.4, 0.5) is 0 Å². The average Bonchev–Trinajstić information content (AvgIpc) is 2.44. The van der Waals surface area contributed by atoms with Crippen LogP contribution in [0.5, 0.6) is 0 Å². The summed E-state index contributed by atoms with van der Waals surface area (Å²) < 4.78 is 0. The minimum absolute atomic E-state index is 0.105. The minimum atomic E-state index is -0.796. The van der Waals surface area contributed by atoms with Crippen molar-refractivity contribution in [2.24, 2.45) is 11.8 Å². The second-order valence-electron chi connectivity index (χ2n) is 6.18. The molecule has 0 unspecified atom stereocenters. The number of hydrogen-bond acceptors (Lipinski definition) is 2. The van der Waals surface area contributed by atoms with E-state index in [9.17, 15) is 14.7 Å². The first-order valence-electron chi connectivity index (χ1n) is 7.74. The molecule has 2 fully saturated rings. The lowest BCUT2D eigenvalue weighted by Gasteiger charge is -2.43. The van der Waals surface area contributed by atoms with Gasteiger partial charge in [0.25, 0.3) is 0 Å². The van der Waals surface area contributed by atoms with Gasteiger partial charge in [0, 0.05) is 13.0 Å². The molecular weight excluding hydrogens is 266 g/mol. The van der Waals surface area contributed by atoms with Crippen molar-refractivity contribution in [3.05, 3.63) is 35.9 Å². The highest BCUT2D eigenvalue weighted by atomic mass is 16.4. The summed E-state index contributed by atoms with van der Waals surface area (Å²) in [6.45, 7) is 0.710. The number of benzene rings is 1. The van der Waals surface area contributed by atoms with Crippen LogP contribution in [0, 0.1) is 11.8 Å². The van der Waals surface area contributed by atoms with E-state index in [1.54, 1.807) is 0 Å². The third-order valence-corrected chi connectivity index (χ3v) is 4.84. The van der Waals surface area contributed by atoms with E-state index >= 15 is 0 Å². The molecule has 4 heteroatoms. The van der Waals surface area contributed by atoms with Crippen LogP contribution in [0.3, 0.4) is 0 Å². The molecule has 1 saturated carbocycles. The van der Waals surface area contributed by atoms with Gasteiger partial charge >= 0.3 is 5.97 Å². The number of nitrogens with zero attached hydrogens (tertiary/aromatic N) is 1. The van der Waals surface area contributed by atoms with Gasteiger partial charge in [-0.05, 0) is 30.7 Å². The molecule has 1 heterocycles. The zero-order chi connectivity index (χ0) is 14.8. The number of carbonyl (C=O) groups is 2. The number of amides is 1. The fourth-order valence-electron chi connectivity index (χ4n) is 3.44. The Labute approximate surface area is 124 Å². The van der Waals surface area contributed by atoms with E-state index in [1.165, 1.54) is 6.42 Å². The first kappa shape index (κ1) is 14.1. The molecule has 1 N–H and O–H groups in total. The van der Waals surface area contributed by atoms with Crippen molar-refractivity contribution in [2.75, 3.05) is 6.54 Å². The van der Waals surface area contributed by atoms with E-state index < -0.39 is 11.9 Å². The van der Waals surface area contributed by atoms with Crippen molar-refractivity contribution in [3.63, 3.8) is 0 Å². The highest BCUT2D eigenvalue weighted by molar-refractivity contribution is 5.81. The van der Waals surface area contributed by atoms with E-state index in [-0.39, 0.29) is 11.9 Å². The molecule has 0 bridgehead atoms. The molecule has 1 aliphatic carbocycles. The van der Waals surface area contributed by atoms with Gasteiger partial charge in [-0.2, -0.15) is 0 Å². The number of carboxylic acids is 1. The molecule has 0 spiro atoms. The van der Waals surface area contributed by atoms with E-state index in [0.29, 0.717) is 25.3 Å². The van der Waals surface area contributed by atoms with Crippen LogP contribution in [-0.4, -0.2) is 28.4 Å². The maximum Gasteiger partial charge on any atom is 0.308 e. The van der Waals surface area contributed by atoms with Gasteiger partial charge in [0.05, 0.1) is 12.0 Å². The van der Waals surface area contributed by atoms with Crippen molar-refractivity contribution in [3.8, 4) is 0 Å². The zero-order valence-corrected chi connectivity index (χ0v) is 12.1. The predicted molar refractivity (Wildman–Crippen MR) is 78.6 cm³/mol. The maximum atomic E-state index is 12.4. The van der Waals surface area contributed by atoms with E-state index in [2.05, 4.69) is 0 Å². The Morgan fingerprint density at radius 2 is 1.90 bits per heavy atom. The molecule has 2 atom stereocenters. The Bertz CT molecular complexity index is 524. The SMILES string of the molecule is O=C(O)[C@@H]1CCC(=O)N(CC2CCC2)[C@@H]1c1ccccc1. The van der Waals surface area contributed by atoms with Gasteiger partial charge in [0.2, 0.25) is 5.91 Å². The number of likely N-dealkylation sites (tertiary alicyclic amines) is 1. The average molecular weight is 287 g/mol. The largest absolute Gasteiger partial charge is 0.481 e. The van der Waals surface area contributed by atoms with Crippen LogP contribution < -0.4 is 0 Å². The summed E-state index contributed by atoms with van der Waals surface area (Å²) in [5, 5.41) is 9.54. The lowest BCUT2D eigenvalue weighted by atomic mass is 9.80. The number of hydrogen-bond donors (Lipinski definition) is 1. The topological polar surface area (TPSA) is 57.6 Å². The monoisotopic (exact) mass is 287 g/mol. The van der Waals surface area contributed by atoms with Crippen LogP contribution >= 0.6 is 0 Å². The van der Waals surface area contributed by atoms with E-state index in [0.717, 1.165) is 18.4 Å². The van der Waals surface area contributed by atoms with Crippen LogP contribution in [0.15, 0.2) is 30.3 Å². The number of aliphatic carboxylic acids is 1. The molecule has 1 aromatic carbocycles. The molecule has 3 rings (SSSR count). The lowest BCUT2D eigenvalue weighted by molar-refractivity contribution is -0.153. The predicted octanol–water partition coefficient (Wildman–Crippen LogP) is 2.85. The van der Waals surface area contributed by atoms with Crippen molar-refractivity contribution in [2.45, 2.75) is 38.1 Å². The van der Waals surface area contributed by atoms with E-state index in [1.807, 2.05) is 35.2 Å². The maximum absolute atomic E-state index is 12.4. The van der Waals surface area contributed by atoms with Gasteiger partial charge < -0.3 is 10.0 Å². The van der Waals surface area contributed by atoms with Crippen molar-refractivity contribution >= 4 is 11.9 Å². The second-order valence-corrected chi connectivity index (χ2v) is 6.18. The highest BCUT2D eigenvalue weighted by Crippen LogP contribution is 2.39. The van der Waals surface area contributed by atoms with Crippen LogP contribution in [0.25, 0.3) is 0 Å². The molecule has 0 aromatic heterocycles. The lowest BCUT2D eigenvalue weighted by Crippen LogP contribution is -2.47. The van der Waals surface area contributed by atoms with Gasteiger partial charge in [0.15, 0.2) is 0 Å². The Kier molecular flexibility index (Phi) is 3.95. The minimum Gasteiger partial charge on any atom is -0.481 e. The normalized spacial score (nSPS) is 26.5. The molecular formula is C17H21NO3. The van der Waals surface area contributed by atoms with Gasteiger partial charge in [-0.3, -0.25) is 9.59 Å². The molecule has 4 nitrogen and oxygen atoms in total. The standard InChI is InChI=1S/C17H21NO3/c19-15-10-9-14(17(20)21)16(13-7-2-1-3-8-13)18(15)11-12-5-4-6-12/h1-3,7-8,12,14,16H,4-6,9-11H2,(H,20,21)/t14-,16-/m1/s1.